The number of rotatable bonds is 7. The second-order valence-electron chi connectivity index (χ2n) is 5.46. The number of hydrogen-bond acceptors (Lipinski definition) is 4. The van der Waals surface area contributed by atoms with Gasteiger partial charge in [-0.2, -0.15) is 0 Å². The third kappa shape index (κ3) is 4.39. The van der Waals surface area contributed by atoms with Gasteiger partial charge in [0.15, 0.2) is 0 Å². The first-order chi connectivity index (χ1) is 9.90. The van der Waals surface area contributed by atoms with E-state index >= 15 is 0 Å². The molecule has 1 aliphatic heterocycles. The molecule has 1 saturated heterocycles. The van der Waals surface area contributed by atoms with Crippen LogP contribution in [-0.2, 0) is 4.74 Å². The minimum absolute atomic E-state index is 0.343. The van der Waals surface area contributed by atoms with Crippen molar-refractivity contribution in [3.8, 4) is 11.5 Å². The molecule has 1 N–H and O–H groups in total. The second kappa shape index (κ2) is 6.95. The topological polar surface area (TPSA) is 39.7 Å². The van der Waals surface area contributed by atoms with Gasteiger partial charge in [0, 0.05) is 0 Å². The SMILES string of the molecule is c1cc(OC2CCNCC2)ccc1OCCOC1CC1. The third-order valence-electron chi connectivity index (χ3n) is 3.64. The molecule has 0 spiro atoms. The molecule has 2 aliphatic rings. The quantitative estimate of drug-likeness (QED) is 0.777. The van der Waals surface area contributed by atoms with Crippen molar-refractivity contribution in [2.24, 2.45) is 0 Å². The predicted molar refractivity (Wildman–Crippen MR) is 77.4 cm³/mol. The van der Waals surface area contributed by atoms with Crippen molar-refractivity contribution < 1.29 is 14.2 Å². The van der Waals surface area contributed by atoms with Crippen LogP contribution in [-0.4, -0.2) is 38.5 Å². The number of ether oxygens (including phenoxy) is 3. The Morgan fingerprint density at radius 1 is 0.850 bits per heavy atom. The van der Waals surface area contributed by atoms with Gasteiger partial charge in [-0.05, 0) is 63.0 Å². The van der Waals surface area contributed by atoms with Gasteiger partial charge in [-0.15, -0.1) is 0 Å². The third-order valence-corrected chi connectivity index (χ3v) is 3.64. The predicted octanol–water partition coefficient (Wildman–Crippen LogP) is 2.38. The van der Waals surface area contributed by atoms with E-state index in [4.69, 9.17) is 14.2 Å². The van der Waals surface area contributed by atoms with Gasteiger partial charge in [0.2, 0.25) is 0 Å². The van der Waals surface area contributed by atoms with Crippen LogP contribution >= 0.6 is 0 Å². The molecule has 0 amide bonds. The Balaban J connectivity index is 1.39. The number of benzene rings is 1. The molecular weight excluding hydrogens is 254 g/mol. The van der Waals surface area contributed by atoms with Crippen molar-refractivity contribution in [2.75, 3.05) is 26.3 Å². The van der Waals surface area contributed by atoms with E-state index in [0.717, 1.165) is 37.4 Å². The van der Waals surface area contributed by atoms with Gasteiger partial charge in [0.05, 0.1) is 12.7 Å². The Kier molecular flexibility index (Phi) is 4.77. The number of nitrogens with one attached hydrogen (secondary N) is 1. The molecule has 0 radical (unpaired) electrons. The van der Waals surface area contributed by atoms with Crippen molar-refractivity contribution in [1.82, 2.24) is 5.32 Å². The van der Waals surface area contributed by atoms with Crippen molar-refractivity contribution in [1.29, 1.82) is 0 Å². The van der Waals surface area contributed by atoms with E-state index in [1.165, 1.54) is 12.8 Å². The largest absolute Gasteiger partial charge is 0.491 e. The summed E-state index contributed by atoms with van der Waals surface area (Å²) in [7, 11) is 0. The fourth-order valence-corrected chi connectivity index (χ4v) is 2.33. The fourth-order valence-electron chi connectivity index (χ4n) is 2.33. The lowest BCUT2D eigenvalue weighted by Crippen LogP contribution is -2.34. The van der Waals surface area contributed by atoms with E-state index in [0.29, 0.717) is 25.4 Å². The highest BCUT2D eigenvalue weighted by Gasteiger charge is 2.21. The highest BCUT2D eigenvalue weighted by molar-refractivity contribution is 5.31. The van der Waals surface area contributed by atoms with E-state index in [-0.39, 0.29) is 0 Å². The Morgan fingerprint density at radius 3 is 2.25 bits per heavy atom. The standard InChI is InChI=1S/C16H23NO3/c1-2-13(1)18-11-12-19-14-3-5-15(6-4-14)20-16-7-9-17-10-8-16/h3-6,13,16-17H,1-2,7-12H2. The highest BCUT2D eigenvalue weighted by Crippen LogP contribution is 2.23. The maximum Gasteiger partial charge on any atom is 0.119 e. The van der Waals surface area contributed by atoms with Crippen LogP contribution in [0.4, 0.5) is 0 Å². The van der Waals surface area contributed by atoms with Gasteiger partial charge in [-0.1, -0.05) is 0 Å². The molecule has 110 valence electrons. The Hall–Kier alpha value is -1.26. The summed E-state index contributed by atoms with van der Waals surface area (Å²) in [5.74, 6) is 1.81. The lowest BCUT2D eigenvalue weighted by molar-refractivity contribution is 0.0880. The summed E-state index contributed by atoms with van der Waals surface area (Å²) >= 11 is 0. The van der Waals surface area contributed by atoms with Gasteiger partial charge < -0.3 is 19.5 Å². The summed E-state index contributed by atoms with van der Waals surface area (Å²) < 4.78 is 17.1. The van der Waals surface area contributed by atoms with Gasteiger partial charge in [0.1, 0.15) is 24.2 Å². The maximum atomic E-state index is 5.96. The van der Waals surface area contributed by atoms with Crippen LogP contribution in [0.25, 0.3) is 0 Å². The van der Waals surface area contributed by atoms with Crippen molar-refractivity contribution in [3.63, 3.8) is 0 Å². The molecule has 0 atom stereocenters. The van der Waals surface area contributed by atoms with Gasteiger partial charge in [-0.25, -0.2) is 0 Å². The molecule has 4 nitrogen and oxygen atoms in total. The number of hydrogen-bond donors (Lipinski definition) is 1. The molecule has 1 aromatic rings. The van der Waals surface area contributed by atoms with Crippen LogP contribution in [0.2, 0.25) is 0 Å². The average Bonchev–Trinajstić information content (AvgIpc) is 3.31. The van der Waals surface area contributed by atoms with Crippen LogP contribution in [0.1, 0.15) is 25.7 Å². The van der Waals surface area contributed by atoms with E-state index in [1.54, 1.807) is 0 Å². The molecule has 0 aromatic heterocycles. The summed E-state index contributed by atoms with van der Waals surface area (Å²) in [6.45, 7) is 3.39. The van der Waals surface area contributed by atoms with Crippen LogP contribution in [0.3, 0.4) is 0 Å². The molecule has 1 saturated carbocycles. The Labute approximate surface area is 120 Å². The van der Waals surface area contributed by atoms with Gasteiger partial charge in [-0.3, -0.25) is 0 Å². The summed E-state index contributed by atoms with van der Waals surface area (Å²) in [4.78, 5) is 0. The zero-order chi connectivity index (χ0) is 13.6. The molecular formula is C16H23NO3. The first-order valence-corrected chi connectivity index (χ1v) is 7.62. The zero-order valence-electron chi connectivity index (χ0n) is 11.8. The first kappa shape index (κ1) is 13.7. The smallest absolute Gasteiger partial charge is 0.119 e. The molecule has 20 heavy (non-hydrogen) atoms. The van der Waals surface area contributed by atoms with E-state index in [2.05, 4.69) is 5.32 Å². The highest BCUT2D eigenvalue weighted by atomic mass is 16.5. The monoisotopic (exact) mass is 277 g/mol. The van der Waals surface area contributed by atoms with Crippen molar-refractivity contribution in [3.05, 3.63) is 24.3 Å². The maximum absolute atomic E-state index is 5.96. The molecule has 1 aliphatic carbocycles. The Bertz CT molecular complexity index is 397. The van der Waals surface area contributed by atoms with Crippen molar-refractivity contribution in [2.45, 2.75) is 37.9 Å². The first-order valence-electron chi connectivity index (χ1n) is 7.62. The molecule has 0 unspecified atom stereocenters. The summed E-state index contributed by atoms with van der Waals surface area (Å²) in [6, 6.07) is 7.90. The summed E-state index contributed by atoms with van der Waals surface area (Å²) in [6.07, 6.45) is 5.42. The fraction of sp³-hybridized carbons (Fsp3) is 0.625. The molecule has 2 fully saturated rings. The minimum Gasteiger partial charge on any atom is -0.491 e. The molecule has 3 rings (SSSR count). The molecule has 1 aromatic carbocycles. The minimum atomic E-state index is 0.343. The zero-order valence-corrected chi connectivity index (χ0v) is 11.8. The van der Waals surface area contributed by atoms with Gasteiger partial charge in [0.25, 0.3) is 0 Å². The summed E-state index contributed by atoms with van der Waals surface area (Å²) in [5.41, 5.74) is 0. The van der Waals surface area contributed by atoms with E-state index in [9.17, 15) is 0 Å². The lowest BCUT2D eigenvalue weighted by Gasteiger charge is -2.23. The van der Waals surface area contributed by atoms with Crippen LogP contribution in [0, 0.1) is 0 Å². The molecule has 0 bridgehead atoms. The van der Waals surface area contributed by atoms with E-state index in [1.807, 2.05) is 24.3 Å². The lowest BCUT2D eigenvalue weighted by atomic mass is 10.1. The van der Waals surface area contributed by atoms with Crippen LogP contribution in [0.15, 0.2) is 24.3 Å². The normalized spacial score (nSPS) is 19.8. The Morgan fingerprint density at radius 2 is 1.55 bits per heavy atom. The summed E-state index contributed by atoms with van der Waals surface area (Å²) in [5, 5.41) is 3.34. The van der Waals surface area contributed by atoms with E-state index < -0.39 is 0 Å². The van der Waals surface area contributed by atoms with Crippen LogP contribution in [0.5, 0.6) is 11.5 Å². The second-order valence-corrected chi connectivity index (χ2v) is 5.46. The molecule has 1 heterocycles. The van der Waals surface area contributed by atoms with Crippen molar-refractivity contribution >= 4 is 0 Å². The van der Waals surface area contributed by atoms with Crippen LogP contribution < -0.4 is 14.8 Å². The van der Waals surface area contributed by atoms with Gasteiger partial charge >= 0.3 is 0 Å². The molecule has 4 heteroatoms. The number of piperidine rings is 1. The average molecular weight is 277 g/mol.